The van der Waals surface area contributed by atoms with Gasteiger partial charge in [0.05, 0.1) is 18.5 Å². The summed E-state index contributed by atoms with van der Waals surface area (Å²) in [5, 5.41) is 15.7. The molecule has 5 heteroatoms. The van der Waals surface area contributed by atoms with Crippen molar-refractivity contribution in [3.8, 4) is 0 Å². The lowest BCUT2D eigenvalue weighted by Gasteiger charge is -2.31. The van der Waals surface area contributed by atoms with Gasteiger partial charge in [-0.15, -0.1) is 0 Å². The Kier molecular flexibility index (Phi) is 4.14. The van der Waals surface area contributed by atoms with E-state index in [1.807, 2.05) is 0 Å². The molecule has 3 N–H and O–H groups in total. The van der Waals surface area contributed by atoms with Gasteiger partial charge in [0.15, 0.2) is 0 Å². The van der Waals surface area contributed by atoms with E-state index in [2.05, 4.69) is 27.5 Å². The smallest absolute Gasteiger partial charge is 0.146 e. The van der Waals surface area contributed by atoms with E-state index in [1.165, 1.54) is 0 Å². The highest BCUT2D eigenvalue weighted by atomic mass is 16.3. The van der Waals surface area contributed by atoms with Crippen molar-refractivity contribution < 1.29 is 5.11 Å². The topological polar surface area (TPSA) is 70.1 Å². The van der Waals surface area contributed by atoms with Crippen molar-refractivity contribution in [2.45, 2.75) is 32.3 Å². The number of nitrogens with zero attached hydrogens (tertiary/aromatic N) is 2. The molecular weight excluding hydrogens is 216 g/mol. The van der Waals surface area contributed by atoms with Crippen molar-refractivity contribution in [1.82, 2.24) is 9.97 Å². The standard InChI is InChI=1S/C12H20N4O/c1-2-3-14-11-7-13-8-12(16-11)15-6-9-4-10(17)5-9/h7-10,17H,2-6H2,1H3,(H2,14,15,16). The lowest BCUT2D eigenvalue weighted by molar-refractivity contribution is 0.0486. The second-order valence-electron chi connectivity index (χ2n) is 4.59. The highest BCUT2D eigenvalue weighted by Gasteiger charge is 2.26. The minimum Gasteiger partial charge on any atom is -0.393 e. The van der Waals surface area contributed by atoms with Crippen LogP contribution in [0.5, 0.6) is 0 Å². The first-order valence-electron chi connectivity index (χ1n) is 6.25. The minimum atomic E-state index is -0.0922. The molecule has 1 heterocycles. The Morgan fingerprint density at radius 3 is 2.65 bits per heavy atom. The molecular formula is C12H20N4O. The predicted molar refractivity (Wildman–Crippen MR) is 68.0 cm³/mol. The molecule has 94 valence electrons. The average Bonchev–Trinajstić information content (AvgIpc) is 2.31. The first-order valence-corrected chi connectivity index (χ1v) is 6.25. The molecule has 1 fully saturated rings. The van der Waals surface area contributed by atoms with Crippen molar-refractivity contribution in [3.63, 3.8) is 0 Å². The van der Waals surface area contributed by atoms with Gasteiger partial charge < -0.3 is 15.7 Å². The molecule has 17 heavy (non-hydrogen) atoms. The molecule has 0 saturated heterocycles. The third-order valence-corrected chi connectivity index (χ3v) is 2.97. The SMILES string of the molecule is CCCNc1cncc(NCC2CC(O)C2)n1. The average molecular weight is 236 g/mol. The number of aromatic nitrogens is 2. The number of nitrogens with one attached hydrogen (secondary N) is 2. The van der Waals surface area contributed by atoms with Crippen LogP contribution in [-0.2, 0) is 0 Å². The fraction of sp³-hybridized carbons (Fsp3) is 0.667. The van der Waals surface area contributed by atoms with Gasteiger partial charge in [-0.3, -0.25) is 4.98 Å². The summed E-state index contributed by atoms with van der Waals surface area (Å²) in [6, 6.07) is 0. The Labute approximate surface area is 102 Å². The highest BCUT2D eigenvalue weighted by Crippen LogP contribution is 2.27. The normalized spacial score (nSPS) is 22.9. The monoisotopic (exact) mass is 236 g/mol. The summed E-state index contributed by atoms with van der Waals surface area (Å²) in [4.78, 5) is 8.55. The van der Waals surface area contributed by atoms with E-state index >= 15 is 0 Å². The van der Waals surface area contributed by atoms with Gasteiger partial charge in [-0.2, -0.15) is 0 Å². The summed E-state index contributed by atoms with van der Waals surface area (Å²) in [5.74, 6) is 2.18. The maximum absolute atomic E-state index is 9.19. The Morgan fingerprint density at radius 1 is 1.29 bits per heavy atom. The van der Waals surface area contributed by atoms with Gasteiger partial charge in [-0.05, 0) is 25.2 Å². The molecule has 0 bridgehead atoms. The van der Waals surface area contributed by atoms with Gasteiger partial charge in [0.1, 0.15) is 11.6 Å². The molecule has 0 amide bonds. The van der Waals surface area contributed by atoms with Crippen molar-refractivity contribution >= 4 is 11.6 Å². The summed E-state index contributed by atoms with van der Waals surface area (Å²) >= 11 is 0. The van der Waals surface area contributed by atoms with Crippen LogP contribution in [0.2, 0.25) is 0 Å². The maximum atomic E-state index is 9.19. The quantitative estimate of drug-likeness (QED) is 0.698. The van der Waals surface area contributed by atoms with Crippen molar-refractivity contribution in [3.05, 3.63) is 12.4 Å². The molecule has 2 rings (SSSR count). The maximum Gasteiger partial charge on any atom is 0.146 e. The largest absolute Gasteiger partial charge is 0.393 e. The molecule has 0 spiro atoms. The fourth-order valence-corrected chi connectivity index (χ4v) is 1.91. The van der Waals surface area contributed by atoms with E-state index in [0.717, 1.165) is 44.0 Å². The van der Waals surface area contributed by atoms with Crippen LogP contribution in [0.1, 0.15) is 26.2 Å². The number of hydrogen-bond donors (Lipinski definition) is 3. The second kappa shape index (κ2) is 5.82. The van der Waals surface area contributed by atoms with Gasteiger partial charge in [-0.25, -0.2) is 4.98 Å². The van der Waals surface area contributed by atoms with Crippen LogP contribution < -0.4 is 10.6 Å². The van der Waals surface area contributed by atoms with Gasteiger partial charge in [0.2, 0.25) is 0 Å². The molecule has 1 aliphatic carbocycles. The van der Waals surface area contributed by atoms with Crippen LogP contribution in [-0.4, -0.2) is 34.3 Å². The number of aliphatic hydroxyl groups excluding tert-OH is 1. The number of anilines is 2. The molecule has 0 aromatic carbocycles. The Hall–Kier alpha value is -1.36. The molecule has 0 radical (unpaired) electrons. The van der Waals surface area contributed by atoms with Crippen LogP contribution in [0, 0.1) is 5.92 Å². The van der Waals surface area contributed by atoms with E-state index in [4.69, 9.17) is 0 Å². The lowest BCUT2D eigenvalue weighted by Crippen LogP contribution is -2.33. The number of aliphatic hydroxyl groups is 1. The van der Waals surface area contributed by atoms with E-state index in [0.29, 0.717) is 5.92 Å². The van der Waals surface area contributed by atoms with Crippen molar-refractivity contribution in [1.29, 1.82) is 0 Å². The highest BCUT2D eigenvalue weighted by molar-refractivity contribution is 5.41. The molecule has 1 aliphatic rings. The molecule has 0 unspecified atom stereocenters. The zero-order chi connectivity index (χ0) is 12.1. The third kappa shape index (κ3) is 3.56. The Balaban J connectivity index is 1.79. The molecule has 5 nitrogen and oxygen atoms in total. The van der Waals surface area contributed by atoms with Crippen LogP contribution in [0.15, 0.2) is 12.4 Å². The molecule has 0 aliphatic heterocycles. The zero-order valence-corrected chi connectivity index (χ0v) is 10.2. The molecule has 0 atom stereocenters. The second-order valence-corrected chi connectivity index (χ2v) is 4.59. The van der Waals surface area contributed by atoms with E-state index < -0.39 is 0 Å². The molecule has 1 aromatic rings. The first kappa shape index (κ1) is 12.1. The van der Waals surface area contributed by atoms with Gasteiger partial charge >= 0.3 is 0 Å². The van der Waals surface area contributed by atoms with E-state index in [1.54, 1.807) is 12.4 Å². The summed E-state index contributed by atoms with van der Waals surface area (Å²) in [5.41, 5.74) is 0. The summed E-state index contributed by atoms with van der Waals surface area (Å²) in [6.45, 7) is 3.89. The fourth-order valence-electron chi connectivity index (χ4n) is 1.91. The van der Waals surface area contributed by atoms with Crippen LogP contribution in [0.3, 0.4) is 0 Å². The van der Waals surface area contributed by atoms with Crippen LogP contribution in [0.25, 0.3) is 0 Å². The third-order valence-electron chi connectivity index (χ3n) is 2.97. The lowest BCUT2D eigenvalue weighted by atomic mass is 9.82. The van der Waals surface area contributed by atoms with Crippen LogP contribution in [0.4, 0.5) is 11.6 Å². The summed E-state index contributed by atoms with van der Waals surface area (Å²) < 4.78 is 0. The van der Waals surface area contributed by atoms with E-state index in [9.17, 15) is 5.11 Å². The van der Waals surface area contributed by atoms with Crippen molar-refractivity contribution in [2.24, 2.45) is 5.92 Å². The van der Waals surface area contributed by atoms with Gasteiger partial charge in [0.25, 0.3) is 0 Å². The number of rotatable bonds is 6. The first-order chi connectivity index (χ1) is 8.28. The zero-order valence-electron chi connectivity index (χ0n) is 10.2. The van der Waals surface area contributed by atoms with Crippen LogP contribution >= 0.6 is 0 Å². The molecule has 1 aromatic heterocycles. The summed E-state index contributed by atoms with van der Waals surface area (Å²) in [6.07, 6.45) is 6.23. The van der Waals surface area contributed by atoms with Gasteiger partial charge in [-0.1, -0.05) is 6.92 Å². The Bertz CT molecular complexity index is 352. The van der Waals surface area contributed by atoms with Gasteiger partial charge in [0, 0.05) is 13.1 Å². The minimum absolute atomic E-state index is 0.0922. The Morgan fingerprint density at radius 2 is 2.00 bits per heavy atom. The number of hydrogen-bond acceptors (Lipinski definition) is 5. The van der Waals surface area contributed by atoms with E-state index in [-0.39, 0.29) is 6.10 Å². The van der Waals surface area contributed by atoms with Crippen molar-refractivity contribution in [2.75, 3.05) is 23.7 Å². The summed E-state index contributed by atoms with van der Waals surface area (Å²) in [7, 11) is 0. The predicted octanol–water partition coefficient (Wildman–Crippen LogP) is 1.48. The molecule has 1 saturated carbocycles.